The molecule has 3 aliphatic heterocycles. The van der Waals surface area contributed by atoms with Gasteiger partial charge in [0, 0.05) is 44.8 Å². The molecule has 3 atom stereocenters. The van der Waals surface area contributed by atoms with Crippen molar-refractivity contribution in [1.82, 2.24) is 15.1 Å². The number of likely N-dealkylation sites (tertiary alicyclic amines) is 2. The lowest BCUT2D eigenvalue weighted by atomic mass is 9.94. The Bertz CT molecular complexity index is 447. The minimum Gasteiger partial charge on any atom is -0.312 e. The molecule has 0 bridgehead atoms. The van der Waals surface area contributed by atoms with Crippen molar-refractivity contribution in [3.8, 4) is 0 Å². The summed E-state index contributed by atoms with van der Waals surface area (Å²) in [6.45, 7) is 7.50. The maximum Gasteiger partial charge on any atom is 0.0236 e. The first-order chi connectivity index (χ1) is 10.4. The van der Waals surface area contributed by atoms with Gasteiger partial charge in [-0.3, -0.25) is 9.80 Å². The van der Waals surface area contributed by atoms with Gasteiger partial charge < -0.3 is 5.32 Å². The lowest BCUT2D eigenvalue weighted by Gasteiger charge is -2.25. The second-order valence-corrected chi connectivity index (χ2v) is 7.08. The summed E-state index contributed by atoms with van der Waals surface area (Å²) in [6.07, 6.45) is 4.17. The summed E-state index contributed by atoms with van der Waals surface area (Å²) in [5.41, 5.74) is 1.45. The van der Waals surface area contributed by atoms with E-state index < -0.39 is 0 Å². The number of benzene rings is 1. The fourth-order valence-corrected chi connectivity index (χ4v) is 4.47. The summed E-state index contributed by atoms with van der Waals surface area (Å²) < 4.78 is 0. The molecule has 21 heavy (non-hydrogen) atoms. The van der Waals surface area contributed by atoms with Crippen LogP contribution < -0.4 is 5.32 Å². The fraction of sp³-hybridized carbons (Fsp3) is 0.667. The maximum absolute atomic E-state index is 3.73. The monoisotopic (exact) mass is 285 g/mol. The zero-order chi connectivity index (χ0) is 14.1. The molecular weight excluding hydrogens is 258 g/mol. The summed E-state index contributed by atoms with van der Waals surface area (Å²) in [5.74, 6) is 0.918. The smallest absolute Gasteiger partial charge is 0.0236 e. The van der Waals surface area contributed by atoms with E-state index >= 15 is 0 Å². The van der Waals surface area contributed by atoms with E-state index in [1.807, 2.05) is 0 Å². The van der Waals surface area contributed by atoms with Crippen molar-refractivity contribution in [2.45, 2.75) is 37.9 Å². The maximum atomic E-state index is 3.73. The number of hydrogen-bond acceptors (Lipinski definition) is 3. The van der Waals surface area contributed by atoms with Crippen LogP contribution >= 0.6 is 0 Å². The highest BCUT2D eigenvalue weighted by molar-refractivity contribution is 5.14. The molecule has 0 aliphatic carbocycles. The van der Waals surface area contributed by atoms with Crippen molar-refractivity contribution < 1.29 is 0 Å². The molecule has 3 saturated heterocycles. The molecule has 1 N–H and O–H groups in total. The third kappa shape index (κ3) is 3.01. The molecule has 3 heterocycles. The first-order valence-electron chi connectivity index (χ1n) is 8.62. The SMILES string of the molecule is c1ccc(CN2CCC(N3CC4CCCNC4C3)C2)cc1. The third-order valence-corrected chi connectivity index (χ3v) is 5.64. The lowest BCUT2D eigenvalue weighted by molar-refractivity contribution is 0.221. The quantitative estimate of drug-likeness (QED) is 0.916. The Balaban J connectivity index is 1.32. The first-order valence-corrected chi connectivity index (χ1v) is 8.62. The summed E-state index contributed by atoms with van der Waals surface area (Å²) in [4.78, 5) is 5.41. The van der Waals surface area contributed by atoms with E-state index in [2.05, 4.69) is 45.4 Å². The van der Waals surface area contributed by atoms with E-state index in [-0.39, 0.29) is 0 Å². The van der Waals surface area contributed by atoms with Crippen molar-refractivity contribution in [2.75, 3.05) is 32.7 Å². The van der Waals surface area contributed by atoms with Gasteiger partial charge in [0.15, 0.2) is 0 Å². The van der Waals surface area contributed by atoms with Crippen molar-refractivity contribution in [3.05, 3.63) is 35.9 Å². The summed E-state index contributed by atoms with van der Waals surface area (Å²) in [6, 6.07) is 12.5. The predicted molar refractivity (Wildman–Crippen MR) is 86.2 cm³/mol. The second kappa shape index (κ2) is 6.07. The fourth-order valence-electron chi connectivity index (χ4n) is 4.47. The molecule has 0 radical (unpaired) electrons. The van der Waals surface area contributed by atoms with Crippen LogP contribution in [0.5, 0.6) is 0 Å². The van der Waals surface area contributed by atoms with E-state index in [1.165, 1.54) is 57.5 Å². The Morgan fingerprint density at radius 1 is 1.05 bits per heavy atom. The molecule has 3 fully saturated rings. The molecule has 114 valence electrons. The van der Waals surface area contributed by atoms with Crippen molar-refractivity contribution >= 4 is 0 Å². The van der Waals surface area contributed by atoms with Crippen LogP contribution in [-0.4, -0.2) is 54.6 Å². The Kier molecular flexibility index (Phi) is 3.97. The molecule has 1 aromatic carbocycles. The van der Waals surface area contributed by atoms with Crippen molar-refractivity contribution in [1.29, 1.82) is 0 Å². The largest absolute Gasteiger partial charge is 0.312 e. The van der Waals surface area contributed by atoms with Gasteiger partial charge in [0.25, 0.3) is 0 Å². The molecule has 3 heteroatoms. The zero-order valence-electron chi connectivity index (χ0n) is 12.9. The van der Waals surface area contributed by atoms with Crippen LogP contribution in [-0.2, 0) is 6.54 Å². The van der Waals surface area contributed by atoms with Gasteiger partial charge in [-0.1, -0.05) is 30.3 Å². The number of nitrogens with one attached hydrogen (secondary N) is 1. The van der Waals surface area contributed by atoms with Gasteiger partial charge in [0.1, 0.15) is 0 Å². The Morgan fingerprint density at radius 2 is 1.95 bits per heavy atom. The van der Waals surface area contributed by atoms with E-state index in [1.54, 1.807) is 0 Å². The van der Waals surface area contributed by atoms with Crippen molar-refractivity contribution in [2.24, 2.45) is 5.92 Å². The second-order valence-electron chi connectivity index (χ2n) is 7.08. The highest BCUT2D eigenvalue weighted by Gasteiger charge is 2.38. The Hall–Kier alpha value is -0.900. The van der Waals surface area contributed by atoms with Gasteiger partial charge in [-0.05, 0) is 37.3 Å². The molecule has 3 unspecified atom stereocenters. The Labute approximate surface area is 128 Å². The molecule has 0 saturated carbocycles. The number of rotatable bonds is 3. The first kappa shape index (κ1) is 13.7. The Morgan fingerprint density at radius 3 is 2.81 bits per heavy atom. The van der Waals surface area contributed by atoms with E-state index in [9.17, 15) is 0 Å². The predicted octanol–water partition coefficient (Wildman–Crippen LogP) is 1.94. The van der Waals surface area contributed by atoms with Gasteiger partial charge in [-0.15, -0.1) is 0 Å². The van der Waals surface area contributed by atoms with Gasteiger partial charge in [-0.25, -0.2) is 0 Å². The number of piperidine rings is 1. The molecule has 0 aromatic heterocycles. The molecule has 0 amide bonds. The number of fused-ring (bicyclic) bond motifs is 1. The third-order valence-electron chi connectivity index (χ3n) is 5.64. The lowest BCUT2D eigenvalue weighted by Crippen LogP contribution is -2.41. The van der Waals surface area contributed by atoms with Gasteiger partial charge in [0.2, 0.25) is 0 Å². The zero-order valence-corrected chi connectivity index (χ0v) is 12.9. The summed E-state index contributed by atoms with van der Waals surface area (Å²) in [5, 5.41) is 3.73. The molecule has 3 aliphatic rings. The van der Waals surface area contributed by atoms with Crippen LogP contribution in [0, 0.1) is 5.92 Å². The van der Waals surface area contributed by atoms with Crippen LogP contribution in [0.1, 0.15) is 24.8 Å². The highest BCUT2D eigenvalue weighted by atomic mass is 15.3. The van der Waals surface area contributed by atoms with Gasteiger partial charge in [-0.2, -0.15) is 0 Å². The average molecular weight is 285 g/mol. The molecule has 1 aromatic rings. The molecule has 3 nitrogen and oxygen atoms in total. The standard InChI is InChI=1S/C18H27N3/c1-2-5-15(6-3-1)11-20-10-8-17(13-20)21-12-16-7-4-9-19-18(16)14-21/h1-3,5-6,16-19H,4,7-14H2. The van der Waals surface area contributed by atoms with Crippen LogP contribution in [0.2, 0.25) is 0 Å². The van der Waals surface area contributed by atoms with Gasteiger partial charge in [0.05, 0.1) is 0 Å². The van der Waals surface area contributed by atoms with E-state index in [0.29, 0.717) is 0 Å². The normalized spacial score (nSPS) is 34.2. The van der Waals surface area contributed by atoms with Crippen LogP contribution in [0.25, 0.3) is 0 Å². The topological polar surface area (TPSA) is 18.5 Å². The number of hydrogen-bond donors (Lipinski definition) is 1. The van der Waals surface area contributed by atoms with Crippen LogP contribution in [0.3, 0.4) is 0 Å². The van der Waals surface area contributed by atoms with Crippen molar-refractivity contribution in [3.63, 3.8) is 0 Å². The van der Waals surface area contributed by atoms with Crippen LogP contribution in [0.4, 0.5) is 0 Å². The molecule has 4 rings (SSSR count). The van der Waals surface area contributed by atoms with Crippen LogP contribution in [0.15, 0.2) is 30.3 Å². The minimum atomic E-state index is 0.780. The van der Waals surface area contributed by atoms with Gasteiger partial charge >= 0.3 is 0 Å². The average Bonchev–Trinajstić information content (AvgIpc) is 3.14. The van der Waals surface area contributed by atoms with E-state index in [4.69, 9.17) is 0 Å². The molecule has 0 spiro atoms. The minimum absolute atomic E-state index is 0.780. The summed E-state index contributed by atoms with van der Waals surface area (Å²) >= 11 is 0. The van der Waals surface area contributed by atoms with E-state index in [0.717, 1.165) is 24.5 Å². The molecular formula is C18H27N3. The number of nitrogens with zero attached hydrogens (tertiary/aromatic N) is 2. The summed E-state index contributed by atoms with van der Waals surface area (Å²) in [7, 11) is 0. The highest BCUT2D eigenvalue weighted by Crippen LogP contribution is 2.29.